The Kier molecular flexibility index (Phi) is 5.98. The summed E-state index contributed by atoms with van der Waals surface area (Å²) >= 11 is 1.71. The van der Waals surface area contributed by atoms with E-state index < -0.39 is 0 Å². The number of nitrogens with one attached hydrogen (secondary N) is 2. The van der Waals surface area contributed by atoms with Crippen LogP contribution in [0.1, 0.15) is 0 Å². The van der Waals surface area contributed by atoms with Crippen molar-refractivity contribution in [1.29, 1.82) is 0 Å². The third kappa shape index (κ3) is 4.83. The molecule has 14 heavy (non-hydrogen) atoms. The summed E-state index contributed by atoms with van der Waals surface area (Å²) in [6, 6.07) is 0. The minimum Gasteiger partial charge on any atom is -0.383 e. The van der Waals surface area contributed by atoms with Crippen molar-refractivity contribution in [3.63, 3.8) is 0 Å². The summed E-state index contributed by atoms with van der Waals surface area (Å²) in [6.07, 6.45) is 0. The van der Waals surface area contributed by atoms with E-state index >= 15 is 0 Å². The largest absolute Gasteiger partial charge is 0.383 e. The number of methoxy groups -OCH3 is 1. The van der Waals surface area contributed by atoms with Crippen LogP contribution in [0.15, 0.2) is 0 Å². The van der Waals surface area contributed by atoms with Crippen molar-refractivity contribution in [3.8, 4) is 0 Å². The fourth-order valence-electron chi connectivity index (χ4n) is 1.13. The molecule has 0 unspecified atom stereocenters. The molecule has 2 N–H and O–H groups in total. The summed E-state index contributed by atoms with van der Waals surface area (Å²) in [5.41, 5.74) is 0. The Morgan fingerprint density at radius 1 is 1.64 bits per heavy atom. The van der Waals surface area contributed by atoms with Gasteiger partial charge in [0.1, 0.15) is 0 Å². The molecule has 5 heteroatoms. The zero-order chi connectivity index (χ0) is 10.2. The number of hydrogen-bond donors (Lipinski definition) is 2. The number of rotatable bonds is 7. The summed E-state index contributed by atoms with van der Waals surface area (Å²) in [4.78, 5) is 11.2. The first-order valence-corrected chi connectivity index (χ1v) is 6.02. The van der Waals surface area contributed by atoms with Crippen molar-refractivity contribution in [3.05, 3.63) is 0 Å². The van der Waals surface area contributed by atoms with Gasteiger partial charge in [-0.05, 0) is 24.8 Å². The average Bonchev–Trinajstić information content (AvgIpc) is 2.10. The molecule has 1 aliphatic heterocycles. The number of thioether (sulfide) groups is 1. The molecule has 0 atom stereocenters. The maximum absolute atomic E-state index is 11.2. The van der Waals surface area contributed by atoms with Crippen LogP contribution >= 0.6 is 11.8 Å². The molecule has 1 saturated heterocycles. The van der Waals surface area contributed by atoms with Crippen LogP contribution in [0.5, 0.6) is 0 Å². The van der Waals surface area contributed by atoms with Gasteiger partial charge in [0.2, 0.25) is 5.91 Å². The summed E-state index contributed by atoms with van der Waals surface area (Å²) in [6.45, 7) is 3.42. The monoisotopic (exact) mass is 218 g/mol. The van der Waals surface area contributed by atoms with Gasteiger partial charge in [0, 0.05) is 13.7 Å². The van der Waals surface area contributed by atoms with Gasteiger partial charge < -0.3 is 15.4 Å². The van der Waals surface area contributed by atoms with Crippen LogP contribution < -0.4 is 10.6 Å². The number of carbonyl (C=O) groups is 1. The van der Waals surface area contributed by atoms with Crippen molar-refractivity contribution < 1.29 is 9.53 Å². The molecule has 0 aromatic carbocycles. The average molecular weight is 218 g/mol. The Bertz CT molecular complexity index is 174. The second-order valence-corrected chi connectivity index (χ2v) is 4.41. The van der Waals surface area contributed by atoms with Gasteiger partial charge in [0.15, 0.2) is 0 Å². The van der Waals surface area contributed by atoms with E-state index in [0.717, 1.165) is 24.8 Å². The molecule has 0 spiro atoms. The fraction of sp³-hybridized carbons (Fsp3) is 0.889. The van der Waals surface area contributed by atoms with Crippen molar-refractivity contribution in [2.45, 2.75) is 0 Å². The SMILES string of the molecule is COCCNC(=O)CSCC1CNC1. The van der Waals surface area contributed by atoms with Gasteiger partial charge in [0.25, 0.3) is 0 Å². The van der Waals surface area contributed by atoms with Crippen molar-refractivity contribution in [2.24, 2.45) is 5.92 Å². The van der Waals surface area contributed by atoms with Crippen LogP contribution in [-0.2, 0) is 9.53 Å². The quantitative estimate of drug-likeness (QED) is 0.576. The predicted octanol–water partition coefficient (Wildman–Crippen LogP) is -0.298. The summed E-state index contributed by atoms with van der Waals surface area (Å²) in [7, 11) is 1.63. The Morgan fingerprint density at radius 2 is 2.43 bits per heavy atom. The highest BCUT2D eigenvalue weighted by molar-refractivity contribution is 7.99. The maximum Gasteiger partial charge on any atom is 0.230 e. The van der Waals surface area contributed by atoms with Gasteiger partial charge in [-0.25, -0.2) is 0 Å². The van der Waals surface area contributed by atoms with E-state index in [-0.39, 0.29) is 5.91 Å². The zero-order valence-electron chi connectivity index (χ0n) is 8.54. The summed E-state index contributed by atoms with van der Waals surface area (Å²) in [5.74, 6) is 2.54. The minimum atomic E-state index is 0.110. The lowest BCUT2D eigenvalue weighted by Gasteiger charge is -2.26. The minimum absolute atomic E-state index is 0.110. The molecular weight excluding hydrogens is 200 g/mol. The van der Waals surface area contributed by atoms with Crippen molar-refractivity contribution in [1.82, 2.24) is 10.6 Å². The normalized spacial score (nSPS) is 16.4. The summed E-state index contributed by atoms with van der Waals surface area (Å²) in [5, 5.41) is 6.00. The lowest BCUT2D eigenvalue weighted by atomic mass is 10.1. The van der Waals surface area contributed by atoms with E-state index in [4.69, 9.17) is 4.74 Å². The molecule has 0 aliphatic carbocycles. The van der Waals surface area contributed by atoms with Crippen LogP contribution in [0, 0.1) is 5.92 Å². The third-order valence-corrected chi connectivity index (χ3v) is 3.25. The lowest BCUT2D eigenvalue weighted by molar-refractivity contribution is -0.118. The highest BCUT2D eigenvalue weighted by Gasteiger charge is 2.16. The second kappa shape index (κ2) is 7.09. The molecule has 0 aromatic rings. The van der Waals surface area contributed by atoms with Gasteiger partial charge in [-0.15, -0.1) is 0 Å². The number of hydrogen-bond acceptors (Lipinski definition) is 4. The molecule has 1 rings (SSSR count). The van der Waals surface area contributed by atoms with Gasteiger partial charge in [-0.3, -0.25) is 4.79 Å². The van der Waals surface area contributed by atoms with Crippen LogP contribution in [0.4, 0.5) is 0 Å². The van der Waals surface area contributed by atoms with Crippen LogP contribution in [-0.4, -0.2) is 50.8 Å². The molecule has 1 aliphatic rings. The van der Waals surface area contributed by atoms with E-state index in [1.54, 1.807) is 18.9 Å². The Morgan fingerprint density at radius 3 is 3.00 bits per heavy atom. The molecular formula is C9H18N2O2S. The standard InChI is InChI=1S/C9H18N2O2S/c1-13-3-2-11-9(12)7-14-6-8-4-10-5-8/h8,10H,2-7H2,1H3,(H,11,12). The van der Waals surface area contributed by atoms with Crippen molar-refractivity contribution in [2.75, 3.05) is 44.9 Å². The molecule has 0 bridgehead atoms. The van der Waals surface area contributed by atoms with E-state index in [2.05, 4.69) is 10.6 Å². The molecule has 1 heterocycles. The molecule has 0 saturated carbocycles. The highest BCUT2D eigenvalue weighted by Crippen LogP contribution is 2.11. The zero-order valence-corrected chi connectivity index (χ0v) is 9.36. The van der Waals surface area contributed by atoms with E-state index in [0.29, 0.717) is 18.9 Å². The van der Waals surface area contributed by atoms with E-state index in [1.807, 2.05) is 0 Å². The Balaban J connectivity index is 1.86. The molecule has 4 nitrogen and oxygen atoms in total. The van der Waals surface area contributed by atoms with Crippen molar-refractivity contribution >= 4 is 17.7 Å². The molecule has 82 valence electrons. The summed E-state index contributed by atoms with van der Waals surface area (Å²) < 4.78 is 4.83. The topological polar surface area (TPSA) is 50.4 Å². The van der Waals surface area contributed by atoms with Crippen LogP contribution in [0.3, 0.4) is 0 Å². The molecule has 1 amide bonds. The van der Waals surface area contributed by atoms with Gasteiger partial charge >= 0.3 is 0 Å². The van der Waals surface area contributed by atoms with Gasteiger partial charge in [0.05, 0.1) is 12.4 Å². The highest BCUT2D eigenvalue weighted by atomic mass is 32.2. The van der Waals surface area contributed by atoms with Gasteiger partial charge in [-0.1, -0.05) is 0 Å². The predicted molar refractivity (Wildman–Crippen MR) is 58.6 cm³/mol. The van der Waals surface area contributed by atoms with Gasteiger partial charge in [-0.2, -0.15) is 11.8 Å². The number of amides is 1. The van der Waals surface area contributed by atoms with E-state index in [1.165, 1.54) is 0 Å². The first kappa shape index (κ1) is 11.8. The number of ether oxygens (including phenoxy) is 1. The molecule has 1 fully saturated rings. The first-order chi connectivity index (χ1) is 6.83. The Hall–Kier alpha value is -0.260. The van der Waals surface area contributed by atoms with E-state index in [9.17, 15) is 4.79 Å². The second-order valence-electron chi connectivity index (χ2n) is 3.38. The lowest BCUT2D eigenvalue weighted by Crippen LogP contribution is -2.43. The first-order valence-electron chi connectivity index (χ1n) is 4.87. The maximum atomic E-state index is 11.2. The van der Waals surface area contributed by atoms with Crippen LogP contribution in [0.2, 0.25) is 0 Å². The molecule has 0 radical (unpaired) electrons. The molecule has 0 aromatic heterocycles. The third-order valence-electron chi connectivity index (χ3n) is 2.08. The number of carbonyl (C=O) groups excluding carboxylic acids is 1. The fourth-order valence-corrected chi connectivity index (χ4v) is 2.10. The Labute approximate surface area is 89.2 Å². The smallest absolute Gasteiger partial charge is 0.230 e. The van der Waals surface area contributed by atoms with Crippen LogP contribution in [0.25, 0.3) is 0 Å².